The van der Waals surface area contributed by atoms with Crippen LogP contribution < -0.4 is 10.2 Å². The first kappa shape index (κ1) is 20.2. The summed E-state index contributed by atoms with van der Waals surface area (Å²) >= 11 is 3.07. The Kier molecular flexibility index (Phi) is 6.53. The number of thiazole rings is 2. The molecule has 8 heteroatoms. The predicted molar refractivity (Wildman–Crippen MR) is 114 cm³/mol. The zero-order valence-corrected chi connectivity index (χ0v) is 17.7. The van der Waals surface area contributed by atoms with Gasteiger partial charge in [0.25, 0.3) is 0 Å². The van der Waals surface area contributed by atoms with Crippen LogP contribution in [-0.2, 0) is 22.4 Å². The maximum Gasteiger partial charge on any atom is 0.233 e. The zero-order valence-electron chi connectivity index (χ0n) is 16.1. The molecular formula is C20H22N4O2S2. The minimum atomic E-state index is -0.130. The minimum Gasteiger partial charge on any atom is -0.326 e. The Bertz CT molecular complexity index is 980. The average Bonchev–Trinajstić information content (AvgIpc) is 3.23. The number of amides is 2. The number of anilines is 2. The van der Waals surface area contributed by atoms with Crippen LogP contribution in [0.1, 0.15) is 28.3 Å². The van der Waals surface area contributed by atoms with Gasteiger partial charge in [0.1, 0.15) is 0 Å². The second-order valence-corrected chi connectivity index (χ2v) is 8.43. The fraction of sp³-hybridized carbons (Fsp3) is 0.300. The molecule has 0 radical (unpaired) electrons. The molecule has 0 unspecified atom stereocenters. The highest BCUT2D eigenvalue weighted by molar-refractivity contribution is 7.09. The van der Waals surface area contributed by atoms with Crippen LogP contribution in [-0.4, -0.2) is 28.3 Å². The number of hydrogen-bond donors (Lipinski definition) is 1. The van der Waals surface area contributed by atoms with E-state index in [1.165, 1.54) is 22.7 Å². The third kappa shape index (κ3) is 5.24. The summed E-state index contributed by atoms with van der Waals surface area (Å²) in [6.07, 6.45) is 0.492. The van der Waals surface area contributed by atoms with Crippen LogP contribution in [0.4, 0.5) is 11.4 Å². The Morgan fingerprint density at radius 3 is 2.25 bits per heavy atom. The standard InChI is InChI=1S/C20H22N4O2S2/c1-4-24(20(26)10-17-12-28-14(3)22-17)18-7-5-6-15(8-18)23-19(25)9-16-11-27-13(2)21-16/h5-8,11-12H,4,9-10H2,1-3H3,(H,23,25). The van der Waals surface area contributed by atoms with Gasteiger partial charge in [0.2, 0.25) is 11.8 Å². The largest absolute Gasteiger partial charge is 0.326 e. The second kappa shape index (κ2) is 9.07. The van der Waals surface area contributed by atoms with Crippen molar-refractivity contribution in [2.75, 3.05) is 16.8 Å². The van der Waals surface area contributed by atoms with E-state index in [0.717, 1.165) is 27.1 Å². The molecule has 0 saturated carbocycles. The van der Waals surface area contributed by atoms with Crippen molar-refractivity contribution in [2.24, 2.45) is 0 Å². The Labute approximate surface area is 172 Å². The lowest BCUT2D eigenvalue weighted by Gasteiger charge is -2.21. The molecule has 0 saturated heterocycles. The Balaban J connectivity index is 1.67. The molecule has 0 fully saturated rings. The quantitative estimate of drug-likeness (QED) is 0.634. The van der Waals surface area contributed by atoms with Crippen molar-refractivity contribution in [3.8, 4) is 0 Å². The molecule has 6 nitrogen and oxygen atoms in total. The molecule has 2 aromatic heterocycles. The normalized spacial score (nSPS) is 10.7. The molecule has 146 valence electrons. The van der Waals surface area contributed by atoms with E-state index in [4.69, 9.17) is 0 Å². The Hall–Kier alpha value is -2.58. The van der Waals surface area contributed by atoms with E-state index in [2.05, 4.69) is 15.3 Å². The summed E-state index contributed by atoms with van der Waals surface area (Å²) in [5.41, 5.74) is 2.96. The van der Waals surface area contributed by atoms with E-state index in [9.17, 15) is 9.59 Å². The van der Waals surface area contributed by atoms with Gasteiger partial charge in [-0.15, -0.1) is 22.7 Å². The summed E-state index contributed by atoms with van der Waals surface area (Å²) in [7, 11) is 0. The zero-order chi connectivity index (χ0) is 20.1. The number of hydrogen-bond acceptors (Lipinski definition) is 6. The van der Waals surface area contributed by atoms with Gasteiger partial charge in [-0.2, -0.15) is 0 Å². The molecule has 2 amide bonds. The van der Waals surface area contributed by atoms with Crippen molar-refractivity contribution < 1.29 is 9.59 Å². The molecule has 1 N–H and O–H groups in total. The van der Waals surface area contributed by atoms with Gasteiger partial charge in [0.15, 0.2) is 0 Å². The molecule has 0 aliphatic carbocycles. The number of aryl methyl sites for hydroxylation is 2. The van der Waals surface area contributed by atoms with E-state index in [0.29, 0.717) is 12.2 Å². The summed E-state index contributed by atoms with van der Waals surface area (Å²) in [5.74, 6) is -0.149. The third-order valence-corrected chi connectivity index (χ3v) is 5.71. The van der Waals surface area contributed by atoms with Gasteiger partial charge in [0.05, 0.1) is 34.2 Å². The van der Waals surface area contributed by atoms with Gasteiger partial charge < -0.3 is 10.2 Å². The molecule has 0 atom stereocenters. The first-order chi connectivity index (χ1) is 13.4. The first-order valence-electron chi connectivity index (χ1n) is 8.97. The third-order valence-electron chi connectivity index (χ3n) is 4.07. The van der Waals surface area contributed by atoms with E-state index in [1.54, 1.807) is 4.90 Å². The fourth-order valence-electron chi connectivity index (χ4n) is 2.85. The van der Waals surface area contributed by atoms with Crippen LogP contribution in [0, 0.1) is 13.8 Å². The average molecular weight is 415 g/mol. The first-order valence-corrected chi connectivity index (χ1v) is 10.7. The van der Waals surface area contributed by atoms with Crippen molar-refractivity contribution >= 4 is 45.9 Å². The number of nitrogens with one attached hydrogen (secondary N) is 1. The molecule has 3 aromatic rings. The molecule has 28 heavy (non-hydrogen) atoms. The molecule has 2 heterocycles. The summed E-state index contributed by atoms with van der Waals surface area (Å²) in [6.45, 7) is 6.31. The van der Waals surface area contributed by atoms with Crippen molar-refractivity contribution in [2.45, 2.75) is 33.6 Å². The number of rotatable bonds is 7. The Morgan fingerprint density at radius 2 is 1.68 bits per heavy atom. The van der Waals surface area contributed by atoms with Crippen molar-refractivity contribution in [3.05, 3.63) is 56.4 Å². The van der Waals surface area contributed by atoms with Crippen LogP contribution in [0.15, 0.2) is 35.0 Å². The van der Waals surface area contributed by atoms with Gasteiger partial charge in [-0.25, -0.2) is 9.97 Å². The molecular weight excluding hydrogens is 392 g/mol. The van der Waals surface area contributed by atoms with Gasteiger partial charge >= 0.3 is 0 Å². The van der Waals surface area contributed by atoms with Gasteiger partial charge in [-0.1, -0.05) is 6.07 Å². The van der Waals surface area contributed by atoms with Crippen LogP contribution >= 0.6 is 22.7 Å². The second-order valence-electron chi connectivity index (χ2n) is 6.31. The highest BCUT2D eigenvalue weighted by Gasteiger charge is 2.16. The highest BCUT2D eigenvalue weighted by Crippen LogP contribution is 2.21. The fourth-order valence-corrected chi connectivity index (χ4v) is 4.08. The van der Waals surface area contributed by atoms with Crippen molar-refractivity contribution in [3.63, 3.8) is 0 Å². The summed E-state index contributed by atoms with van der Waals surface area (Å²) in [5, 5.41) is 8.59. The van der Waals surface area contributed by atoms with Crippen LogP contribution in [0.3, 0.4) is 0 Å². The topological polar surface area (TPSA) is 75.2 Å². The van der Waals surface area contributed by atoms with E-state index in [1.807, 2.05) is 55.8 Å². The maximum atomic E-state index is 12.7. The molecule has 3 rings (SSSR count). The van der Waals surface area contributed by atoms with E-state index >= 15 is 0 Å². The van der Waals surface area contributed by atoms with E-state index < -0.39 is 0 Å². The van der Waals surface area contributed by atoms with Crippen molar-refractivity contribution in [1.29, 1.82) is 0 Å². The number of carbonyl (C=O) groups excluding carboxylic acids is 2. The lowest BCUT2D eigenvalue weighted by Crippen LogP contribution is -2.32. The molecule has 0 aliphatic rings. The summed E-state index contributed by atoms with van der Waals surface area (Å²) < 4.78 is 0. The van der Waals surface area contributed by atoms with Gasteiger partial charge in [-0.05, 0) is 39.0 Å². The Morgan fingerprint density at radius 1 is 1.04 bits per heavy atom. The van der Waals surface area contributed by atoms with E-state index in [-0.39, 0.29) is 24.7 Å². The SMILES string of the molecule is CCN(C(=O)Cc1csc(C)n1)c1cccc(NC(=O)Cc2csc(C)n2)c1. The monoisotopic (exact) mass is 414 g/mol. The lowest BCUT2D eigenvalue weighted by molar-refractivity contribution is -0.118. The number of nitrogens with zero attached hydrogens (tertiary/aromatic N) is 3. The number of carbonyl (C=O) groups is 2. The number of likely N-dealkylation sites (N-methyl/N-ethyl adjacent to an activating group) is 1. The van der Waals surface area contributed by atoms with Crippen LogP contribution in [0.5, 0.6) is 0 Å². The molecule has 0 aliphatic heterocycles. The lowest BCUT2D eigenvalue weighted by atomic mass is 10.2. The summed E-state index contributed by atoms with van der Waals surface area (Å²) in [4.78, 5) is 35.4. The van der Waals surface area contributed by atoms with Crippen LogP contribution in [0.25, 0.3) is 0 Å². The highest BCUT2D eigenvalue weighted by atomic mass is 32.1. The minimum absolute atomic E-state index is 0.0192. The van der Waals surface area contributed by atoms with Gasteiger partial charge in [0, 0.05) is 28.7 Å². The van der Waals surface area contributed by atoms with Crippen molar-refractivity contribution in [1.82, 2.24) is 9.97 Å². The van der Waals surface area contributed by atoms with Gasteiger partial charge in [-0.3, -0.25) is 9.59 Å². The molecule has 0 bridgehead atoms. The number of benzene rings is 1. The molecule has 0 spiro atoms. The smallest absolute Gasteiger partial charge is 0.233 e. The maximum absolute atomic E-state index is 12.7. The van der Waals surface area contributed by atoms with Crippen LogP contribution in [0.2, 0.25) is 0 Å². The number of aromatic nitrogens is 2. The predicted octanol–water partition coefficient (Wildman–Crippen LogP) is 3.99. The summed E-state index contributed by atoms with van der Waals surface area (Å²) in [6, 6.07) is 7.34. The molecule has 1 aromatic carbocycles.